The average molecular weight is 431 g/mol. The zero-order chi connectivity index (χ0) is 21.7. The second kappa shape index (κ2) is 9.44. The van der Waals surface area contributed by atoms with Crippen LogP contribution in [-0.2, 0) is 4.79 Å². The van der Waals surface area contributed by atoms with Crippen LogP contribution in [0.25, 0.3) is 0 Å². The lowest BCUT2D eigenvalue weighted by Crippen LogP contribution is -2.58. The molecule has 2 amide bonds. The molecule has 3 rings (SSSR count). The van der Waals surface area contributed by atoms with Gasteiger partial charge in [0.15, 0.2) is 5.13 Å². The summed E-state index contributed by atoms with van der Waals surface area (Å²) in [6, 6.07) is 7.60. The Bertz CT molecular complexity index is 889. The molecule has 0 atom stereocenters. The SMILES string of the molecule is CC(C)CCNc1nc(C(=O)Nc2ccccc2N2CCC(N)(C(N)=O)CC2)cs1. The molecule has 1 aromatic heterocycles. The summed E-state index contributed by atoms with van der Waals surface area (Å²) in [5.74, 6) is -0.109. The molecule has 1 saturated heterocycles. The molecule has 2 aromatic rings. The van der Waals surface area contributed by atoms with Crippen LogP contribution in [0.4, 0.5) is 16.5 Å². The van der Waals surface area contributed by atoms with Gasteiger partial charge in [-0.15, -0.1) is 11.3 Å². The van der Waals surface area contributed by atoms with Gasteiger partial charge >= 0.3 is 0 Å². The second-order valence-corrected chi connectivity index (χ2v) is 8.98. The van der Waals surface area contributed by atoms with Gasteiger partial charge in [0.25, 0.3) is 5.91 Å². The Balaban J connectivity index is 1.65. The summed E-state index contributed by atoms with van der Waals surface area (Å²) >= 11 is 1.42. The lowest BCUT2D eigenvalue weighted by atomic mass is 9.87. The number of primary amides is 1. The van der Waals surface area contributed by atoms with Gasteiger partial charge in [0.2, 0.25) is 5.91 Å². The summed E-state index contributed by atoms with van der Waals surface area (Å²) < 4.78 is 0. The maximum Gasteiger partial charge on any atom is 0.275 e. The van der Waals surface area contributed by atoms with E-state index >= 15 is 0 Å². The first-order valence-corrected chi connectivity index (χ1v) is 11.1. The molecule has 0 bridgehead atoms. The Kier molecular flexibility index (Phi) is 6.94. The van der Waals surface area contributed by atoms with Crippen molar-refractivity contribution in [2.24, 2.45) is 17.4 Å². The van der Waals surface area contributed by atoms with Crippen LogP contribution < -0.4 is 27.0 Å². The highest BCUT2D eigenvalue weighted by atomic mass is 32.1. The minimum atomic E-state index is -0.964. The van der Waals surface area contributed by atoms with Crippen molar-refractivity contribution in [2.45, 2.75) is 38.6 Å². The topological polar surface area (TPSA) is 126 Å². The first-order chi connectivity index (χ1) is 14.3. The van der Waals surface area contributed by atoms with E-state index in [1.54, 1.807) is 5.38 Å². The number of benzene rings is 1. The van der Waals surface area contributed by atoms with Crippen LogP contribution in [0.5, 0.6) is 0 Å². The number of carbonyl (C=O) groups is 2. The summed E-state index contributed by atoms with van der Waals surface area (Å²) in [5, 5.41) is 8.74. The van der Waals surface area contributed by atoms with E-state index in [1.165, 1.54) is 11.3 Å². The molecule has 9 heteroatoms. The van der Waals surface area contributed by atoms with Gasteiger partial charge in [0.1, 0.15) is 5.69 Å². The Labute approximate surface area is 181 Å². The normalized spacial score (nSPS) is 15.8. The van der Waals surface area contributed by atoms with E-state index in [9.17, 15) is 9.59 Å². The van der Waals surface area contributed by atoms with Crippen molar-refractivity contribution in [1.82, 2.24) is 4.98 Å². The van der Waals surface area contributed by atoms with E-state index < -0.39 is 11.4 Å². The van der Waals surface area contributed by atoms with Crippen LogP contribution in [0, 0.1) is 5.92 Å². The first-order valence-electron chi connectivity index (χ1n) is 10.2. The second-order valence-electron chi connectivity index (χ2n) is 8.13. The summed E-state index contributed by atoms with van der Waals surface area (Å²) in [6.07, 6.45) is 1.99. The van der Waals surface area contributed by atoms with Gasteiger partial charge in [0.05, 0.1) is 16.9 Å². The predicted octanol–water partition coefficient (Wildman–Crippen LogP) is 2.64. The van der Waals surface area contributed by atoms with Crippen molar-refractivity contribution in [3.63, 3.8) is 0 Å². The molecular weight excluding hydrogens is 400 g/mol. The number of piperidine rings is 1. The van der Waals surface area contributed by atoms with Crippen molar-refractivity contribution >= 4 is 39.7 Å². The molecule has 2 heterocycles. The van der Waals surface area contributed by atoms with E-state index in [0.717, 1.165) is 23.8 Å². The highest BCUT2D eigenvalue weighted by Gasteiger charge is 2.36. The zero-order valence-corrected chi connectivity index (χ0v) is 18.3. The fourth-order valence-corrected chi connectivity index (χ4v) is 4.08. The van der Waals surface area contributed by atoms with E-state index in [0.29, 0.717) is 43.2 Å². The number of hydrogen-bond acceptors (Lipinski definition) is 7. The monoisotopic (exact) mass is 430 g/mol. The number of rotatable bonds is 8. The minimum absolute atomic E-state index is 0.252. The summed E-state index contributed by atoms with van der Waals surface area (Å²) in [7, 11) is 0. The summed E-state index contributed by atoms with van der Waals surface area (Å²) in [6.45, 7) is 6.35. The first kappa shape index (κ1) is 22.0. The third-order valence-electron chi connectivity index (χ3n) is 5.37. The predicted molar refractivity (Wildman–Crippen MR) is 122 cm³/mol. The Hall–Kier alpha value is -2.65. The Morgan fingerprint density at radius 3 is 2.63 bits per heavy atom. The molecule has 6 N–H and O–H groups in total. The third kappa shape index (κ3) is 5.28. The van der Waals surface area contributed by atoms with Crippen LogP contribution in [0.2, 0.25) is 0 Å². The largest absolute Gasteiger partial charge is 0.370 e. The molecule has 1 fully saturated rings. The van der Waals surface area contributed by atoms with E-state index in [1.807, 2.05) is 24.3 Å². The lowest BCUT2D eigenvalue weighted by molar-refractivity contribution is -0.123. The zero-order valence-electron chi connectivity index (χ0n) is 17.5. The van der Waals surface area contributed by atoms with Crippen LogP contribution in [-0.4, -0.2) is 42.0 Å². The number of amides is 2. The smallest absolute Gasteiger partial charge is 0.275 e. The molecule has 0 spiro atoms. The number of nitrogens with one attached hydrogen (secondary N) is 2. The molecule has 0 unspecified atom stereocenters. The minimum Gasteiger partial charge on any atom is -0.370 e. The Morgan fingerprint density at radius 1 is 1.27 bits per heavy atom. The summed E-state index contributed by atoms with van der Waals surface area (Å²) in [4.78, 5) is 30.9. The molecule has 0 radical (unpaired) electrons. The molecule has 8 nitrogen and oxygen atoms in total. The number of hydrogen-bond donors (Lipinski definition) is 4. The fraction of sp³-hybridized carbons (Fsp3) is 0.476. The number of para-hydroxylation sites is 2. The van der Waals surface area contributed by atoms with Crippen LogP contribution in [0.3, 0.4) is 0 Å². The molecule has 0 saturated carbocycles. The molecule has 1 aliphatic heterocycles. The maximum atomic E-state index is 12.7. The van der Waals surface area contributed by atoms with E-state index in [-0.39, 0.29) is 5.91 Å². The number of aromatic nitrogens is 1. The number of nitrogens with two attached hydrogens (primary N) is 2. The number of nitrogens with zero attached hydrogens (tertiary/aromatic N) is 2. The van der Waals surface area contributed by atoms with Gasteiger partial charge in [0, 0.05) is 25.0 Å². The molecule has 30 heavy (non-hydrogen) atoms. The van der Waals surface area contributed by atoms with Crippen molar-refractivity contribution in [3.05, 3.63) is 35.3 Å². The molecule has 1 aromatic carbocycles. The number of thiazole rings is 1. The fourth-order valence-electron chi connectivity index (χ4n) is 3.36. The Morgan fingerprint density at radius 2 is 1.97 bits per heavy atom. The van der Waals surface area contributed by atoms with Crippen LogP contribution in [0.15, 0.2) is 29.6 Å². The van der Waals surface area contributed by atoms with Crippen molar-refractivity contribution in [3.8, 4) is 0 Å². The van der Waals surface area contributed by atoms with Crippen LogP contribution >= 0.6 is 11.3 Å². The van der Waals surface area contributed by atoms with Gasteiger partial charge in [-0.1, -0.05) is 26.0 Å². The lowest BCUT2D eigenvalue weighted by Gasteiger charge is -2.38. The molecule has 0 aliphatic carbocycles. The highest BCUT2D eigenvalue weighted by molar-refractivity contribution is 7.13. The standard InChI is InChI=1S/C21H30N6O2S/c1-14(2)7-10-24-20-26-16(13-30-20)18(28)25-15-5-3-4-6-17(15)27-11-8-21(23,9-12-27)19(22)29/h3-6,13-14H,7-12,23H2,1-2H3,(H2,22,29)(H,24,26)(H,25,28). The van der Waals surface area contributed by atoms with Crippen molar-refractivity contribution in [1.29, 1.82) is 0 Å². The van der Waals surface area contributed by atoms with Crippen molar-refractivity contribution in [2.75, 3.05) is 35.2 Å². The molecular formula is C21H30N6O2S. The third-order valence-corrected chi connectivity index (χ3v) is 6.17. The van der Waals surface area contributed by atoms with Gasteiger partial charge in [-0.3, -0.25) is 9.59 Å². The average Bonchev–Trinajstić information content (AvgIpc) is 3.18. The number of carbonyl (C=O) groups excluding carboxylic acids is 2. The quantitative estimate of drug-likeness (QED) is 0.510. The van der Waals surface area contributed by atoms with Crippen LogP contribution in [0.1, 0.15) is 43.6 Å². The van der Waals surface area contributed by atoms with Gasteiger partial charge in [-0.05, 0) is 37.3 Å². The highest BCUT2D eigenvalue weighted by Crippen LogP contribution is 2.31. The van der Waals surface area contributed by atoms with Gasteiger partial charge < -0.3 is 27.0 Å². The van der Waals surface area contributed by atoms with E-state index in [2.05, 4.69) is 34.4 Å². The summed E-state index contributed by atoms with van der Waals surface area (Å²) in [5.41, 5.74) is 12.6. The molecule has 1 aliphatic rings. The van der Waals surface area contributed by atoms with Gasteiger partial charge in [-0.25, -0.2) is 4.98 Å². The maximum absolute atomic E-state index is 12.7. The molecule has 162 valence electrons. The van der Waals surface area contributed by atoms with Crippen molar-refractivity contribution < 1.29 is 9.59 Å². The van der Waals surface area contributed by atoms with Gasteiger partial charge in [-0.2, -0.15) is 0 Å². The van der Waals surface area contributed by atoms with E-state index in [4.69, 9.17) is 11.5 Å². The number of anilines is 3.